The van der Waals surface area contributed by atoms with Crippen LogP contribution < -0.4 is 10.6 Å². The normalized spacial score (nSPS) is 15.2. The molecule has 1 fully saturated rings. The van der Waals surface area contributed by atoms with Crippen molar-refractivity contribution in [1.82, 2.24) is 4.90 Å². The van der Waals surface area contributed by atoms with Gasteiger partial charge in [0.2, 0.25) is 0 Å². The highest BCUT2D eigenvalue weighted by molar-refractivity contribution is 5.78. The first-order valence-corrected chi connectivity index (χ1v) is 7.46. The Morgan fingerprint density at radius 2 is 2.05 bits per heavy atom. The molecule has 0 aromatic heterocycles. The summed E-state index contributed by atoms with van der Waals surface area (Å²) < 4.78 is 0. The number of aryl methyl sites for hydroxylation is 1. The summed E-state index contributed by atoms with van der Waals surface area (Å²) >= 11 is 0. The Morgan fingerprint density at radius 3 is 2.65 bits per heavy atom. The van der Waals surface area contributed by atoms with Crippen molar-refractivity contribution >= 4 is 11.6 Å². The lowest BCUT2D eigenvalue weighted by Gasteiger charge is -2.24. The van der Waals surface area contributed by atoms with Gasteiger partial charge in [-0.25, -0.2) is 0 Å². The Balaban J connectivity index is 1.91. The van der Waals surface area contributed by atoms with Gasteiger partial charge in [0.05, 0.1) is 6.54 Å². The minimum Gasteiger partial charge on any atom is -0.370 e. The molecule has 1 saturated carbocycles. The van der Waals surface area contributed by atoms with Gasteiger partial charge in [0.15, 0.2) is 5.96 Å². The van der Waals surface area contributed by atoms with Crippen molar-refractivity contribution in [2.75, 3.05) is 31.6 Å². The van der Waals surface area contributed by atoms with Crippen molar-refractivity contribution in [3.63, 3.8) is 0 Å². The van der Waals surface area contributed by atoms with E-state index >= 15 is 0 Å². The number of nitrogens with zero attached hydrogens (tertiary/aromatic N) is 3. The summed E-state index contributed by atoms with van der Waals surface area (Å²) in [6, 6.07) is 9.10. The van der Waals surface area contributed by atoms with Gasteiger partial charge in [-0.05, 0) is 38.3 Å². The minimum absolute atomic E-state index is 0.623. The van der Waals surface area contributed by atoms with Crippen molar-refractivity contribution in [3.8, 4) is 0 Å². The fourth-order valence-corrected chi connectivity index (χ4v) is 2.41. The van der Waals surface area contributed by atoms with E-state index in [-0.39, 0.29) is 0 Å². The first-order valence-electron chi connectivity index (χ1n) is 7.46. The van der Waals surface area contributed by atoms with Crippen LogP contribution in [0.3, 0.4) is 0 Å². The van der Waals surface area contributed by atoms with E-state index in [2.05, 4.69) is 52.9 Å². The number of hydrogen-bond acceptors (Lipinski definition) is 2. The number of rotatable bonds is 6. The Morgan fingerprint density at radius 1 is 1.35 bits per heavy atom. The summed E-state index contributed by atoms with van der Waals surface area (Å²) in [6.07, 6.45) is 2.49. The van der Waals surface area contributed by atoms with Gasteiger partial charge in [-0.1, -0.05) is 18.2 Å². The number of anilines is 1. The Labute approximate surface area is 122 Å². The molecule has 2 rings (SSSR count). The van der Waals surface area contributed by atoms with Crippen LogP contribution in [-0.4, -0.2) is 43.6 Å². The van der Waals surface area contributed by atoms with Crippen LogP contribution in [0.1, 0.15) is 25.3 Å². The lowest BCUT2D eigenvalue weighted by Crippen LogP contribution is -2.36. The molecule has 110 valence electrons. The topological polar surface area (TPSA) is 44.9 Å². The number of benzene rings is 1. The van der Waals surface area contributed by atoms with E-state index in [1.54, 1.807) is 0 Å². The first kappa shape index (κ1) is 14.7. The zero-order chi connectivity index (χ0) is 14.5. The molecule has 0 spiro atoms. The number of guanidine groups is 1. The summed E-state index contributed by atoms with van der Waals surface area (Å²) in [4.78, 5) is 8.96. The molecule has 0 bridgehead atoms. The van der Waals surface area contributed by atoms with E-state index in [4.69, 9.17) is 5.73 Å². The molecule has 1 aromatic rings. The summed E-state index contributed by atoms with van der Waals surface area (Å²) in [5.41, 5.74) is 8.61. The lowest BCUT2D eigenvalue weighted by atomic mass is 10.2. The second-order valence-corrected chi connectivity index (χ2v) is 5.45. The number of likely N-dealkylation sites (N-methyl/N-ethyl adjacent to an activating group) is 1. The van der Waals surface area contributed by atoms with Gasteiger partial charge in [0, 0.05) is 31.9 Å². The molecular formula is C16H26N4. The van der Waals surface area contributed by atoms with Crippen LogP contribution in [0, 0.1) is 6.92 Å². The summed E-state index contributed by atoms with van der Waals surface area (Å²) in [5, 5.41) is 0. The van der Waals surface area contributed by atoms with E-state index in [0.717, 1.165) is 19.6 Å². The molecule has 0 heterocycles. The third-order valence-electron chi connectivity index (χ3n) is 3.94. The third-order valence-corrected chi connectivity index (χ3v) is 3.94. The molecule has 4 heteroatoms. The van der Waals surface area contributed by atoms with Gasteiger partial charge in [-0.3, -0.25) is 4.99 Å². The Hall–Kier alpha value is -1.71. The van der Waals surface area contributed by atoms with Gasteiger partial charge in [0.1, 0.15) is 0 Å². The molecule has 1 aliphatic carbocycles. The standard InChI is InChI=1S/C16H26N4/c1-4-20(15-8-6-5-7-13(15)2)12-11-18-16(17)19(3)14-9-10-14/h5-8,14H,4,9-12H2,1-3H3,(H2,17,18). The molecule has 4 nitrogen and oxygen atoms in total. The van der Waals surface area contributed by atoms with E-state index in [1.165, 1.54) is 24.1 Å². The van der Waals surface area contributed by atoms with Crippen molar-refractivity contribution < 1.29 is 0 Å². The highest BCUT2D eigenvalue weighted by Gasteiger charge is 2.27. The zero-order valence-corrected chi connectivity index (χ0v) is 12.8. The van der Waals surface area contributed by atoms with Crippen LogP contribution in [-0.2, 0) is 0 Å². The highest BCUT2D eigenvalue weighted by Crippen LogP contribution is 2.24. The molecule has 2 N–H and O–H groups in total. The molecule has 0 radical (unpaired) electrons. The average Bonchev–Trinajstić information content (AvgIpc) is 3.28. The maximum Gasteiger partial charge on any atom is 0.191 e. The second-order valence-electron chi connectivity index (χ2n) is 5.45. The molecule has 0 aliphatic heterocycles. The molecule has 0 amide bonds. The fraction of sp³-hybridized carbons (Fsp3) is 0.562. The number of hydrogen-bond donors (Lipinski definition) is 1. The van der Waals surface area contributed by atoms with Crippen LogP contribution in [0.5, 0.6) is 0 Å². The minimum atomic E-state index is 0.623. The monoisotopic (exact) mass is 274 g/mol. The number of nitrogens with two attached hydrogens (primary N) is 1. The lowest BCUT2D eigenvalue weighted by molar-refractivity contribution is 0.487. The molecule has 0 saturated heterocycles. The molecule has 0 atom stereocenters. The number of aliphatic imine (C=N–C) groups is 1. The van der Waals surface area contributed by atoms with Crippen molar-refractivity contribution in [2.45, 2.75) is 32.7 Å². The van der Waals surface area contributed by atoms with Crippen LogP contribution >= 0.6 is 0 Å². The summed E-state index contributed by atoms with van der Waals surface area (Å²) in [7, 11) is 2.04. The zero-order valence-electron chi connectivity index (χ0n) is 12.8. The van der Waals surface area contributed by atoms with Gasteiger partial charge in [0.25, 0.3) is 0 Å². The number of para-hydroxylation sites is 1. The molecule has 1 aromatic carbocycles. The maximum atomic E-state index is 6.01. The van der Waals surface area contributed by atoms with Crippen LogP contribution in [0.25, 0.3) is 0 Å². The summed E-state index contributed by atoms with van der Waals surface area (Å²) in [6.45, 7) is 6.96. The Kier molecular flexibility index (Phi) is 4.88. The maximum absolute atomic E-state index is 6.01. The average molecular weight is 274 g/mol. The van der Waals surface area contributed by atoms with Gasteiger partial charge in [-0.15, -0.1) is 0 Å². The van der Waals surface area contributed by atoms with Crippen LogP contribution in [0.15, 0.2) is 29.3 Å². The molecule has 20 heavy (non-hydrogen) atoms. The fourth-order valence-electron chi connectivity index (χ4n) is 2.41. The first-order chi connectivity index (χ1) is 9.63. The third kappa shape index (κ3) is 3.65. The predicted octanol–water partition coefficient (Wildman–Crippen LogP) is 2.23. The van der Waals surface area contributed by atoms with Crippen LogP contribution in [0.2, 0.25) is 0 Å². The van der Waals surface area contributed by atoms with Gasteiger partial charge in [-0.2, -0.15) is 0 Å². The predicted molar refractivity (Wildman–Crippen MR) is 86.3 cm³/mol. The second kappa shape index (κ2) is 6.64. The van der Waals surface area contributed by atoms with Crippen molar-refractivity contribution in [1.29, 1.82) is 0 Å². The van der Waals surface area contributed by atoms with Crippen LogP contribution in [0.4, 0.5) is 5.69 Å². The Bertz CT molecular complexity index is 465. The molecule has 1 aliphatic rings. The quantitative estimate of drug-likeness (QED) is 0.639. The van der Waals surface area contributed by atoms with E-state index in [0.29, 0.717) is 12.0 Å². The van der Waals surface area contributed by atoms with Gasteiger partial charge < -0.3 is 15.5 Å². The van der Waals surface area contributed by atoms with Crippen molar-refractivity contribution in [3.05, 3.63) is 29.8 Å². The smallest absolute Gasteiger partial charge is 0.191 e. The van der Waals surface area contributed by atoms with Crippen molar-refractivity contribution in [2.24, 2.45) is 10.7 Å². The van der Waals surface area contributed by atoms with E-state index < -0.39 is 0 Å². The summed E-state index contributed by atoms with van der Waals surface area (Å²) in [5.74, 6) is 0.674. The SMILES string of the molecule is CCN(CCN=C(N)N(C)C1CC1)c1ccccc1C. The molecular weight excluding hydrogens is 248 g/mol. The van der Waals surface area contributed by atoms with E-state index in [9.17, 15) is 0 Å². The molecule has 0 unspecified atom stereocenters. The largest absolute Gasteiger partial charge is 0.370 e. The highest BCUT2D eigenvalue weighted by atomic mass is 15.3. The van der Waals surface area contributed by atoms with E-state index in [1.807, 2.05) is 7.05 Å². The van der Waals surface area contributed by atoms with Gasteiger partial charge >= 0.3 is 0 Å².